The second-order valence-electron chi connectivity index (χ2n) is 5.03. The molecule has 0 radical (unpaired) electrons. The lowest BCUT2D eigenvalue weighted by molar-refractivity contribution is -0.142. The molecule has 1 amide bonds. The number of methoxy groups -OCH3 is 2. The van der Waals surface area contributed by atoms with Crippen molar-refractivity contribution in [2.75, 3.05) is 20.8 Å². The van der Waals surface area contributed by atoms with E-state index < -0.39 is 21.9 Å². The number of aryl methyl sites for hydroxylation is 1. The Balaban J connectivity index is 2.21. The van der Waals surface area contributed by atoms with E-state index in [0.29, 0.717) is 0 Å². The van der Waals surface area contributed by atoms with Gasteiger partial charge in [0.25, 0.3) is 15.9 Å². The van der Waals surface area contributed by atoms with Gasteiger partial charge >= 0.3 is 5.97 Å². The van der Waals surface area contributed by atoms with Crippen molar-refractivity contribution in [2.45, 2.75) is 11.1 Å². The lowest BCUT2D eigenvalue weighted by Crippen LogP contribution is -2.30. The van der Waals surface area contributed by atoms with Crippen LogP contribution >= 0.6 is 11.3 Å². The van der Waals surface area contributed by atoms with E-state index in [4.69, 9.17) is 9.47 Å². The molecular formula is C16H17NO7S2. The first-order chi connectivity index (χ1) is 12.3. The minimum absolute atomic E-state index is 0.0301. The summed E-state index contributed by atoms with van der Waals surface area (Å²) in [5.41, 5.74) is 0.0301. The van der Waals surface area contributed by atoms with Crippen LogP contribution in [0.15, 0.2) is 34.5 Å². The van der Waals surface area contributed by atoms with E-state index in [9.17, 15) is 18.0 Å². The first-order valence-electron chi connectivity index (χ1n) is 7.28. The molecule has 1 N–H and O–H groups in total. The van der Waals surface area contributed by atoms with Gasteiger partial charge in [-0.25, -0.2) is 17.9 Å². The molecule has 10 heteroatoms. The van der Waals surface area contributed by atoms with Gasteiger partial charge < -0.3 is 14.2 Å². The maximum Gasteiger partial charge on any atom is 0.343 e. The number of carbonyl (C=O) groups excluding carboxylic acids is 2. The second kappa shape index (κ2) is 8.19. The Morgan fingerprint density at radius 1 is 1.12 bits per heavy atom. The van der Waals surface area contributed by atoms with Crippen LogP contribution in [0.3, 0.4) is 0 Å². The highest BCUT2D eigenvalue weighted by molar-refractivity contribution is 7.92. The largest absolute Gasteiger partial charge is 0.493 e. The fourth-order valence-electron chi connectivity index (χ4n) is 1.91. The Hall–Kier alpha value is -2.59. The van der Waals surface area contributed by atoms with Gasteiger partial charge in [-0.3, -0.25) is 4.79 Å². The molecule has 0 fully saturated rings. The number of sulfonamides is 1. The number of nitrogens with one attached hydrogen (secondary N) is 1. The van der Waals surface area contributed by atoms with Crippen LogP contribution in [0.5, 0.6) is 11.5 Å². The lowest BCUT2D eigenvalue weighted by Gasteiger charge is -2.11. The molecule has 0 atom stereocenters. The SMILES string of the molecule is COC(=O)COc1cc(C(=O)NS(=O)(=O)c2ccc(C)s2)ccc1OC. The highest BCUT2D eigenvalue weighted by atomic mass is 32.2. The molecule has 1 aromatic carbocycles. The summed E-state index contributed by atoms with van der Waals surface area (Å²) >= 11 is 1.06. The van der Waals surface area contributed by atoms with E-state index in [0.717, 1.165) is 16.2 Å². The van der Waals surface area contributed by atoms with Gasteiger partial charge in [0.2, 0.25) is 0 Å². The number of hydrogen-bond donors (Lipinski definition) is 1. The van der Waals surface area contributed by atoms with Crippen LogP contribution in [0.25, 0.3) is 0 Å². The first-order valence-corrected chi connectivity index (χ1v) is 9.58. The van der Waals surface area contributed by atoms with Gasteiger partial charge in [0, 0.05) is 10.4 Å². The average molecular weight is 399 g/mol. The molecule has 0 unspecified atom stereocenters. The third kappa shape index (κ3) is 4.73. The summed E-state index contributed by atoms with van der Waals surface area (Å²) in [6, 6.07) is 7.18. The normalized spacial score (nSPS) is 10.9. The maximum absolute atomic E-state index is 12.3. The number of benzene rings is 1. The summed E-state index contributed by atoms with van der Waals surface area (Å²) in [6.45, 7) is 1.38. The Kier molecular flexibility index (Phi) is 6.22. The maximum atomic E-state index is 12.3. The van der Waals surface area contributed by atoms with Gasteiger partial charge in [0.05, 0.1) is 14.2 Å². The molecule has 0 spiro atoms. The summed E-state index contributed by atoms with van der Waals surface area (Å²) in [6.07, 6.45) is 0. The summed E-state index contributed by atoms with van der Waals surface area (Å²) in [5, 5.41) is 0. The average Bonchev–Trinajstić information content (AvgIpc) is 3.06. The highest BCUT2D eigenvalue weighted by Gasteiger charge is 2.21. The first kappa shape index (κ1) is 19.7. The number of rotatable bonds is 7. The molecule has 0 saturated carbocycles. The van der Waals surface area contributed by atoms with E-state index >= 15 is 0 Å². The van der Waals surface area contributed by atoms with Gasteiger partial charge in [-0.05, 0) is 37.3 Å². The Labute approximate surface area is 154 Å². The predicted octanol–water partition coefficient (Wildman–Crippen LogP) is 1.74. The van der Waals surface area contributed by atoms with Gasteiger partial charge in [-0.1, -0.05) is 0 Å². The molecule has 0 aliphatic rings. The summed E-state index contributed by atoms with van der Waals surface area (Å²) < 4.78 is 41.4. The summed E-state index contributed by atoms with van der Waals surface area (Å²) in [7, 11) is -1.37. The van der Waals surface area contributed by atoms with Crippen molar-refractivity contribution < 1.29 is 32.2 Å². The molecule has 140 valence electrons. The number of hydrogen-bond acceptors (Lipinski definition) is 8. The standard InChI is InChI=1S/C16H17NO7S2/c1-10-4-7-15(25-10)26(20,21)17-16(19)11-5-6-12(22-2)13(8-11)24-9-14(18)23-3/h4-8H,9H2,1-3H3,(H,17,19). The van der Waals surface area contributed by atoms with Crippen LogP contribution in [-0.4, -0.2) is 41.1 Å². The van der Waals surface area contributed by atoms with Crippen LogP contribution < -0.4 is 14.2 Å². The molecule has 0 aliphatic carbocycles. The molecule has 26 heavy (non-hydrogen) atoms. The van der Waals surface area contributed by atoms with Gasteiger partial charge in [-0.15, -0.1) is 11.3 Å². The van der Waals surface area contributed by atoms with Crippen molar-refractivity contribution in [3.8, 4) is 11.5 Å². The molecule has 8 nitrogen and oxygen atoms in total. The minimum atomic E-state index is -3.97. The molecule has 0 saturated heterocycles. The number of esters is 1. The van der Waals surface area contributed by atoms with E-state index in [1.165, 1.54) is 38.5 Å². The minimum Gasteiger partial charge on any atom is -0.493 e. The van der Waals surface area contributed by atoms with Crippen molar-refractivity contribution in [2.24, 2.45) is 0 Å². The molecule has 1 heterocycles. The smallest absolute Gasteiger partial charge is 0.343 e. The van der Waals surface area contributed by atoms with Crippen molar-refractivity contribution in [1.82, 2.24) is 4.72 Å². The molecule has 0 aliphatic heterocycles. The van der Waals surface area contributed by atoms with Crippen LogP contribution in [0, 0.1) is 6.92 Å². The summed E-state index contributed by atoms with van der Waals surface area (Å²) in [4.78, 5) is 24.3. The topological polar surface area (TPSA) is 108 Å². The van der Waals surface area contributed by atoms with Crippen LogP contribution in [0.4, 0.5) is 0 Å². The van der Waals surface area contributed by atoms with Crippen molar-refractivity contribution in [3.63, 3.8) is 0 Å². The van der Waals surface area contributed by atoms with Crippen LogP contribution in [0.1, 0.15) is 15.2 Å². The Morgan fingerprint density at radius 2 is 1.85 bits per heavy atom. The Morgan fingerprint density at radius 3 is 2.42 bits per heavy atom. The van der Waals surface area contributed by atoms with Gasteiger partial charge in [0.15, 0.2) is 18.1 Å². The monoisotopic (exact) mass is 399 g/mol. The van der Waals surface area contributed by atoms with E-state index in [1.807, 2.05) is 4.72 Å². The number of amides is 1. The fourth-order valence-corrected chi connectivity index (χ4v) is 4.17. The molecule has 2 rings (SSSR count). The Bertz CT molecular complexity index is 918. The highest BCUT2D eigenvalue weighted by Crippen LogP contribution is 2.28. The lowest BCUT2D eigenvalue weighted by atomic mass is 10.2. The quantitative estimate of drug-likeness (QED) is 0.707. The van der Waals surface area contributed by atoms with Crippen LogP contribution in [-0.2, 0) is 19.6 Å². The number of ether oxygens (including phenoxy) is 3. The van der Waals surface area contributed by atoms with E-state index in [2.05, 4.69) is 4.74 Å². The van der Waals surface area contributed by atoms with Gasteiger partial charge in [-0.2, -0.15) is 0 Å². The third-order valence-electron chi connectivity index (χ3n) is 3.21. The molecule has 2 aromatic rings. The van der Waals surface area contributed by atoms with Gasteiger partial charge in [0.1, 0.15) is 4.21 Å². The fraction of sp³-hybridized carbons (Fsp3) is 0.250. The molecule has 1 aromatic heterocycles. The van der Waals surface area contributed by atoms with E-state index in [-0.39, 0.29) is 27.9 Å². The number of thiophene rings is 1. The zero-order chi connectivity index (χ0) is 19.3. The predicted molar refractivity (Wildman–Crippen MR) is 94.2 cm³/mol. The molecule has 0 bridgehead atoms. The molecular weight excluding hydrogens is 382 g/mol. The van der Waals surface area contributed by atoms with Crippen LogP contribution in [0.2, 0.25) is 0 Å². The zero-order valence-corrected chi connectivity index (χ0v) is 15.9. The third-order valence-corrected chi connectivity index (χ3v) is 6.03. The van der Waals surface area contributed by atoms with Crippen molar-refractivity contribution >= 4 is 33.2 Å². The second-order valence-corrected chi connectivity index (χ2v) is 8.23. The zero-order valence-electron chi connectivity index (χ0n) is 14.3. The number of carbonyl (C=O) groups is 2. The summed E-state index contributed by atoms with van der Waals surface area (Å²) in [5.74, 6) is -1.06. The van der Waals surface area contributed by atoms with Crippen molar-refractivity contribution in [1.29, 1.82) is 0 Å². The van der Waals surface area contributed by atoms with E-state index in [1.54, 1.807) is 13.0 Å². The van der Waals surface area contributed by atoms with Crippen molar-refractivity contribution in [3.05, 3.63) is 40.8 Å².